The van der Waals surface area contributed by atoms with Crippen LogP contribution in [-0.4, -0.2) is 17.1 Å². The lowest BCUT2D eigenvalue weighted by Crippen LogP contribution is -2.19. The third-order valence-corrected chi connectivity index (χ3v) is 2.67. The molecule has 2 N–H and O–H groups in total. The number of hydrogen-bond acceptors (Lipinski definition) is 2. The molecule has 1 aromatic rings. The molecule has 0 saturated carbocycles. The molecular weight excluding hydrogens is 238 g/mol. The number of carbonyl (C=O) groups is 1. The number of benzene rings is 1. The zero-order valence-corrected chi connectivity index (χ0v) is 11.1. The number of rotatable bonds is 5. The van der Waals surface area contributed by atoms with Crippen LogP contribution in [0.15, 0.2) is 18.2 Å². The fraction of sp³-hybridized carbons (Fsp3) is 0.462. The van der Waals surface area contributed by atoms with Gasteiger partial charge in [-0.05, 0) is 37.5 Å². The number of halogens is 1. The van der Waals surface area contributed by atoms with Crippen molar-refractivity contribution in [3.63, 3.8) is 0 Å². The first kappa shape index (κ1) is 13.8. The molecule has 0 aliphatic carbocycles. The lowest BCUT2D eigenvalue weighted by molar-refractivity contribution is 0.0698. The van der Waals surface area contributed by atoms with E-state index in [0.29, 0.717) is 16.6 Å². The molecule has 4 heteroatoms. The van der Waals surface area contributed by atoms with Gasteiger partial charge in [0.1, 0.15) is 0 Å². The van der Waals surface area contributed by atoms with Crippen LogP contribution in [-0.2, 0) is 0 Å². The van der Waals surface area contributed by atoms with Crippen molar-refractivity contribution in [3.05, 3.63) is 28.8 Å². The molecule has 0 aromatic heterocycles. The maximum absolute atomic E-state index is 11.1. The zero-order chi connectivity index (χ0) is 13.0. The van der Waals surface area contributed by atoms with Crippen LogP contribution in [0.2, 0.25) is 5.02 Å². The Labute approximate surface area is 107 Å². The van der Waals surface area contributed by atoms with Crippen molar-refractivity contribution >= 4 is 23.3 Å². The van der Waals surface area contributed by atoms with Crippen LogP contribution in [0.5, 0.6) is 0 Å². The summed E-state index contributed by atoms with van der Waals surface area (Å²) < 4.78 is 0. The van der Waals surface area contributed by atoms with E-state index in [0.717, 1.165) is 6.42 Å². The summed E-state index contributed by atoms with van der Waals surface area (Å²) in [5, 5.41) is 12.7. The Hall–Kier alpha value is -1.22. The van der Waals surface area contributed by atoms with Gasteiger partial charge in [-0.2, -0.15) is 0 Å². The quantitative estimate of drug-likeness (QED) is 0.839. The summed E-state index contributed by atoms with van der Waals surface area (Å²) in [7, 11) is 0. The normalized spacial score (nSPS) is 12.5. The lowest BCUT2D eigenvalue weighted by atomic mass is 10.0. The van der Waals surface area contributed by atoms with Gasteiger partial charge >= 0.3 is 5.97 Å². The monoisotopic (exact) mass is 255 g/mol. The lowest BCUT2D eigenvalue weighted by Gasteiger charge is -2.18. The van der Waals surface area contributed by atoms with Gasteiger partial charge in [-0.3, -0.25) is 0 Å². The van der Waals surface area contributed by atoms with E-state index in [-0.39, 0.29) is 11.6 Å². The average molecular weight is 256 g/mol. The third kappa shape index (κ3) is 4.27. The number of carboxylic acid groups (broad SMARTS) is 1. The first-order chi connectivity index (χ1) is 7.90. The van der Waals surface area contributed by atoms with Gasteiger partial charge in [-0.25, -0.2) is 4.79 Å². The van der Waals surface area contributed by atoms with Crippen molar-refractivity contribution in [3.8, 4) is 0 Å². The summed E-state index contributed by atoms with van der Waals surface area (Å²) in [5.74, 6) is -0.398. The Kier molecular flexibility index (Phi) is 4.82. The standard InChI is InChI=1S/C13H18ClNO2/c1-8(2)6-9(3)15-12-5-4-10(14)7-11(12)13(16)17/h4-5,7-9,15H,6H2,1-3H3,(H,16,17). The van der Waals surface area contributed by atoms with Crippen LogP contribution in [0.4, 0.5) is 5.69 Å². The summed E-state index contributed by atoms with van der Waals surface area (Å²) in [6.07, 6.45) is 0.988. The first-order valence-corrected chi connectivity index (χ1v) is 6.07. The summed E-state index contributed by atoms with van der Waals surface area (Å²) >= 11 is 5.79. The Morgan fingerprint density at radius 3 is 2.59 bits per heavy atom. The van der Waals surface area contributed by atoms with Gasteiger partial charge in [0.05, 0.1) is 5.56 Å². The molecular formula is C13H18ClNO2. The molecule has 0 saturated heterocycles. The molecule has 0 aliphatic rings. The van der Waals surface area contributed by atoms with Crippen molar-refractivity contribution < 1.29 is 9.90 Å². The van der Waals surface area contributed by atoms with E-state index in [1.165, 1.54) is 6.07 Å². The number of aromatic carboxylic acids is 1. The molecule has 0 heterocycles. The predicted octanol–water partition coefficient (Wildman–Crippen LogP) is 3.88. The Balaban J connectivity index is 2.86. The van der Waals surface area contributed by atoms with E-state index in [2.05, 4.69) is 19.2 Å². The number of carboxylic acids is 1. The van der Waals surface area contributed by atoms with Crippen LogP contribution < -0.4 is 5.32 Å². The molecule has 17 heavy (non-hydrogen) atoms. The molecule has 1 atom stereocenters. The maximum Gasteiger partial charge on any atom is 0.337 e. The fourth-order valence-corrected chi connectivity index (χ4v) is 2.02. The summed E-state index contributed by atoms with van der Waals surface area (Å²) in [6.45, 7) is 6.32. The van der Waals surface area contributed by atoms with Gasteiger partial charge in [0.2, 0.25) is 0 Å². The molecule has 0 aliphatic heterocycles. The van der Waals surface area contributed by atoms with E-state index in [1.807, 2.05) is 6.92 Å². The topological polar surface area (TPSA) is 49.3 Å². The minimum absolute atomic E-state index is 0.216. The molecule has 1 unspecified atom stereocenters. The van der Waals surface area contributed by atoms with E-state index in [9.17, 15) is 4.79 Å². The molecule has 1 rings (SSSR count). The minimum atomic E-state index is -0.966. The summed E-state index contributed by atoms with van der Waals surface area (Å²) in [5.41, 5.74) is 0.836. The maximum atomic E-state index is 11.1. The van der Waals surface area contributed by atoms with Crippen molar-refractivity contribution in [2.75, 3.05) is 5.32 Å². The van der Waals surface area contributed by atoms with Gasteiger partial charge in [0, 0.05) is 16.8 Å². The number of anilines is 1. The van der Waals surface area contributed by atoms with E-state index in [4.69, 9.17) is 16.7 Å². The smallest absolute Gasteiger partial charge is 0.337 e. The van der Waals surface area contributed by atoms with Gasteiger partial charge in [-0.15, -0.1) is 0 Å². The number of hydrogen-bond donors (Lipinski definition) is 2. The second-order valence-electron chi connectivity index (χ2n) is 4.67. The van der Waals surface area contributed by atoms with Gasteiger partial charge in [-0.1, -0.05) is 25.4 Å². The Morgan fingerprint density at radius 2 is 2.06 bits per heavy atom. The van der Waals surface area contributed by atoms with Crippen molar-refractivity contribution in [1.82, 2.24) is 0 Å². The van der Waals surface area contributed by atoms with E-state index < -0.39 is 5.97 Å². The zero-order valence-electron chi connectivity index (χ0n) is 10.3. The van der Waals surface area contributed by atoms with Crippen LogP contribution in [0.3, 0.4) is 0 Å². The van der Waals surface area contributed by atoms with Crippen molar-refractivity contribution in [1.29, 1.82) is 0 Å². The highest BCUT2D eigenvalue weighted by molar-refractivity contribution is 6.31. The van der Waals surface area contributed by atoms with Crippen LogP contribution >= 0.6 is 11.6 Å². The second-order valence-corrected chi connectivity index (χ2v) is 5.11. The number of nitrogens with one attached hydrogen (secondary N) is 1. The van der Waals surface area contributed by atoms with Gasteiger partial charge in [0.25, 0.3) is 0 Å². The Bertz CT molecular complexity index is 404. The van der Waals surface area contributed by atoms with Crippen LogP contribution in [0.1, 0.15) is 37.6 Å². The Morgan fingerprint density at radius 1 is 1.41 bits per heavy atom. The van der Waals surface area contributed by atoms with Gasteiger partial charge in [0.15, 0.2) is 0 Å². The molecule has 0 spiro atoms. The largest absolute Gasteiger partial charge is 0.478 e. The van der Waals surface area contributed by atoms with Crippen molar-refractivity contribution in [2.24, 2.45) is 5.92 Å². The molecule has 0 amide bonds. The van der Waals surface area contributed by atoms with E-state index >= 15 is 0 Å². The van der Waals surface area contributed by atoms with E-state index in [1.54, 1.807) is 12.1 Å². The predicted molar refractivity (Wildman–Crippen MR) is 71.0 cm³/mol. The summed E-state index contributed by atoms with van der Waals surface area (Å²) in [6, 6.07) is 5.10. The van der Waals surface area contributed by atoms with Crippen LogP contribution in [0.25, 0.3) is 0 Å². The van der Waals surface area contributed by atoms with Crippen molar-refractivity contribution in [2.45, 2.75) is 33.2 Å². The molecule has 3 nitrogen and oxygen atoms in total. The van der Waals surface area contributed by atoms with Gasteiger partial charge < -0.3 is 10.4 Å². The highest BCUT2D eigenvalue weighted by atomic mass is 35.5. The molecule has 0 radical (unpaired) electrons. The SMILES string of the molecule is CC(C)CC(C)Nc1ccc(Cl)cc1C(=O)O. The highest BCUT2D eigenvalue weighted by Crippen LogP contribution is 2.22. The third-order valence-electron chi connectivity index (χ3n) is 2.44. The molecule has 0 fully saturated rings. The van der Waals surface area contributed by atoms with Crippen LogP contribution in [0, 0.1) is 5.92 Å². The molecule has 1 aromatic carbocycles. The highest BCUT2D eigenvalue weighted by Gasteiger charge is 2.13. The molecule has 0 bridgehead atoms. The average Bonchev–Trinajstić information content (AvgIpc) is 2.19. The first-order valence-electron chi connectivity index (χ1n) is 5.69. The summed E-state index contributed by atoms with van der Waals surface area (Å²) in [4.78, 5) is 11.1. The fourth-order valence-electron chi connectivity index (χ4n) is 1.85. The minimum Gasteiger partial charge on any atom is -0.478 e. The second kappa shape index (κ2) is 5.92. The molecule has 94 valence electrons.